The van der Waals surface area contributed by atoms with Crippen LogP contribution in [0, 0.1) is 5.92 Å². The number of hydrogen-bond acceptors (Lipinski definition) is 3. The Bertz CT molecular complexity index is 496. The summed E-state index contributed by atoms with van der Waals surface area (Å²) in [6.07, 6.45) is -0.451. The monoisotopic (exact) mass is 341 g/mol. The summed E-state index contributed by atoms with van der Waals surface area (Å²) < 4.78 is 6.52. The van der Waals surface area contributed by atoms with E-state index in [1.54, 1.807) is 24.0 Å². The second-order valence-corrected chi connectivity index (χ2v) is 5.84. The third-order valence-corrected chi connectivity index (χ3v) is 3.74. The van der Waals surface area contributed by atoms with Crippen molar-refractivity contribution in [3.63, 3.8) is 0 Å². The number of halogens is 1. The molecule has 6 heteroatoms. The summed E-state index contributed by atoms with van der Waals surface area (Å²) in [5.41, 5.74) is 0. The third-order valence-electron chi connectivity index (χ3n) is 3.21. The molecule has 1 N–H and O–H groups in total. The van der Waals surface area contributed by atoms with Gasteiger partial charge in [-0.15, -0.1) is 0 Å². The van der Waals surface area contributed by atoms with Crippen LogP contribution >= 0.6 is 15.9 Å². The van der Waals surface area contributed by atoms with Crippen molar-refractivity contribution in [1.29, 1.82) is 0 Å². The van der Waals surface area contributed by atoms with E-state index in [0.717, 1.165) is 4.47 Å². The number of hydrogen-bond donors (Lipinski definition) is 1. The van der Waals surface area contributed by atoms with Crippen molar-refractivity contribution in [1.82, 2.24) is 4.90 Å². The molecule has 0 radical (unpaired) electrons. The summed E-state index contributed by atoms with van der Waals surface area (Å²) in [5, 5.41) is 8.67. The first kappa shape index (κ1) is 14.8. The van der Waals surface area contributed by atoms with Gasteiger partial charge in [0.15, 0.2) is 6.10 Å². The van der Waals surface area contributed by atoms with Crippen LogP contribution in [0.4, 0.5) is 0 Å². The lowest BCUT2D eigenvalue weighted by molar-refractivity contribution is -0.149. The van der Waals surface area contributed by atoms with Crippen molar-refractivity contribution in [2.45, 2.75) is 19.4 Å². The van der Waals surface area contributed by atoms with Gasteiger partial charge in [-0.2, -0.15) is 0 Å². The molecule has 1 fully saturated rings. The molecule has 0 aromatic heterocycles. The van der Waals surface area contributed by atoms with E-state index in [0.29, 0.717) is 18.8 Å². The Morgan fingerprint density at radius 3 is 2.55 bits per heavy atom. The smallest absolute Gasteiger partial charge is 0.303 e. The fourth-order valence-electron chi connectivity index (χ4n) is 2.15. The summed E-state index contributed by atoms with van der Waals surface area (Å²) in [7, 11) is 0. The number of carboxylic acids is 1. The number of carbonyl (C=O) groups is 2. The highest BCUT2D eigenvalue weighted by Gasteiger charge is 2.34. The number of aliphatic carboxylic acids is 1. The summed E-state index contributed by atoms with van der Waals surface area (Å²) in [6, 6.07) is 7.27. The Kier molecular flexibility index (Phi) is 4.65. The molecule has 0 saturated carbocycles. The van der Waals surface area contributed by atoms with Crippen molar-refractivity contribution < 1.29 is 19.4 Å². The number of rotatable bonds is 5. The van der Waals surface area contributed by atoms with E-state index in [9.17, 15) is 9.59 Å². The van der Waals surface area contributed by atoms with E-state index in [4.69, 9.17) is 9.84 Å². The lowest BCUT2D eigenvalue weighted by atomic mass is 9.96. The summed E-state index contributed by atoms with van der Waals surface area (Å²) >= 11 is 3.33. The maximum atomic E-state index is 12.1. The van der Waals surface area contributed by atoms with Gasteiger partial charge in [0, 0.05) is 23.5 Å². The summed E-state index contributed by atoms with van der Waals surface area (Å²) in [4.78, 5) is 24.3. The van der Waals surface area contributed by atoms with Gasteiger partial charge in [-0.05, 0) is 31.2 Å². The molecule has 1 aliphatic rings. The number of ether oxygens (including phenoxy) is 1. The second-order valence-electron chi connectivity index (χ2n) is 4.92. The van der Waals surface area contributed by atoms with Gasteiger partial charge < -0.3 is 14.7 Å². The van der Waals surface area contributed by atoms with Gasteiger partial charge in [-0.25, -0.2) is 0 Å². The van der Waals surface area contributed by atoms with Gasteiger partial charge in [0.25, 0.3) is 5.91 Å². The van der Waals surface area contributed by atoms with Gasteiger partial charge >= 0.3 is 5.97 Å². The van der Waals surface area contributed by atoms with Crippen molar-refractivity contribution in [3.8, 4) is 5.75 Å². The predicted octanol–water partition coefficient (Wildman–Crippen LogP) is 2.15. The van der Waals surface area contributed by atoms with E-state index < -0.39 is 12.1 Å². The number of carboxylic acid groups (broad SMARTS) is 1. The zero-order chi connectivity index (χ0) is 14.7. The topological polar surface area (TPSA) is 66.8 Å². The van der Waals surface area contributed by atoms with E-state index in [2.05, 4.69) is 15.9 Å². The Balaban J connectivity index is 1.81. The quantitative estimate of drug-likeness (QED) is 0.890. The normalized spacial score (nSPS) is 16.4. The molecule has 0 bridgehead atoms. The molecule has 2 rings (SSSR count). The van der Waals surface area contributed by atoms with Crippen LogP contribution in [0.2, 0.25) is 0 Å². The molecule has 1 aliphatic heterocycles. The highest BCUT2D eigenvalue weighted by atomic mass is 79.9. The molecule has 1 heterocycles. The predicted molar refractivity (Wildman–Crippen MR) is 76.6 cm³/mol. The molecular weight excluding hydrogens is 326 g/mol. The molecule has 5 nitrogen and oxygen atoms in total. The van der Waals surface area contributed by atoms with E-state index in [-0.39, 0.29) is 18.2 Å². The molecule has 20 heavy (non-hydrogen) atoms. The Morgan fingerprint density at radius 2 is 2.00 bits per heavy atom. The molecule has 1 saturated heterocycles. The van der Waals surface area contributed by atoms with Crippen LogP contribution in [0.5, 0.6) is 5.75 Å². The Labute approximate surface area is 125 Å². The molecule has 1 atom stereocenters. The summed E-state index contributed by atoms with van der Waals surface area (Å²) in [6.45, 7) is 2.70. The average Bonchev–Trinajstić information content (AvgIpc) is 2.35. The van der Waals surface area contributed by atoms with E-state index in [1.165, 1.54) is 0 Å². The third kappa shape index (κ3) is 3.72. The number of amides is 1. The zero-order valence-electron chi connectivity index (χ0n) is 11.1. The first-order valence-corrected chi connectivity index (χ1v) is 7.18. The maximum Gasteiger partial charge on any atom is 0.303 e. The van der Waals surface area contributed by atoms with Crippen LogP contribution in [0.25, 0.3) is 0 Å². The number of carbonyl (C=O) groups excluding carboxylic acids is 1. The molecule has 1 unspecified atom stereocenters. The first-order valence-electron chi connectivity index (χ1n) is 6.38. The van der Waals surface area contributed by atoms with Crippen LogP contribution in [0.1, 0.15) is 13.3 Å². The molecule has 1 amide bonds. The molecule has 108 valence electrons. The number of likely N-dealkylation sites (tertiary alicyclic amines) is 1. The number of benzene rings is 1. The standard InChI is InChI=1S/C14H16BrNO4/c1-9(20-12-4-2-11(15)3-5-12)14(19)16-7-10(8-16)6-13(17)18/h2-5,9-10H,6-8H2,1H3,(H,17,18). The van der Waals surface area contributed by atoms with Crippen molar-refractivity contribution in [3.05, 3.63) is 28.7 Å². The lowest BCUT2D eigenvalue weighted by Crippen LogP contribution is -2.54. The minimum absolute atomic E-state index is 0.0660. The van der Waals surface area contributed by atoms with Crippen molar-refractivity contribution >= 4 is 27.8 Å². The van der Waals surface area contributed by atoms with Crippen LogP contribution in [-0.4, -0.2) is 41.1 Å². The SMILES string of the molecule is CC(Oc1ccc(Br)cc1)C(=O)N1CC(CC(=O)O)C1. The average molecular weight is 342 g/mol. The second kappa shape index (κ2) is 6.26. The fourth-order valence-corrected chi connectivity index (χ4v) is 2.42. The molecule has 1 aromatic rings. The highest BCUT2D eigenvalue weighted by Crippen LogP contribution is 2.22. The van der Waals surface area contributed by atoms with Gasteiger partial charge in [0.2, 0.25) is 0 Å². The van der Waals surface area contributed by atoms with Gasteiger partial charge in [-0.3, -0.25) is 9.59 Å². The maximum absolute atomic E-state index is 12.1. The lowest BCUT2D eigenvalue weighted by Gasteiger charge is -2.39. The molecule has 1 aromatic carbocycles. The van der Waals surface area contributed by atoms with Gasteiger partial charge in [-0.1, -0.05) is 15.9 Å². The van der Waals surface area contributed by atoms with Gasteiger partial charge in [0.05, 0.1) is 6.42 Å². The number of nitrogens with zero attached hydrogens (tertiary/aromatic N) is 1. The zero-order valence-corrected chi connectivity index (χ0v) is 12.7. The van der Waals surface area contributed by atoms with Gasteiger partial charge in [0.1, 0.15) is 5.75 Å². The highest BCUT2D eigenvalue weighted by molar-refractivity contribution is 9.10. The van der Waals surface area contributed by atoms with Crippen LogP contribution in [-0.2, 0) is 9.59 Å². The van der Waals surface area contributed by atoms with Crippen molar-refractivity contribution in [2.24, 2.45) is 5.92 Å². The minimum Gasteiger partial charge on any atom is -0.481 e. The van der Waals surface area contributed by atoms with E-state index >= 15 is 0 Å². The molecule has 0 spiro atoms. The fraction of sp³-hybridized carbons (Fsp3) is 0.429. The van der Waals surface area contributed by atoms with E-state index in [1.807, 2.05) is 12.1 Å². The Hall–Kier alpha value is -1.56. The van der Waals surface area contributed by atoms with Crippen LogP contribution in [0.15, 0.2) is 28.7 Å². The Morgan fingerprint density at radius 1 is 1.40 bits per heavy atom. The van der Waals surface area contributed by atoms with Crippen LogP contribution < -0.4 is 4.74 Å². The first-order chi connectivity index (χ1) is 9.45. The molecule has 0 aliphatic carbocycles. The summed E-state index contributed by atoms with van der Waals surface area (Å²) in [5.74, 6) is -0.219. The van der Waals surface area contributed by atoms with Crippen LogP contribution in [0.3, 0.4) is 0 Å². The van der Waals surface area contributed by atoms with Crippen molar-refractivity contribution in [2.75, 3.05) is 13.1 Å². The molecular formula is C14H16BrNO4. The minimum atomic E-state index is -0.818. The largest absolute Gasteiger partial charge is 0.481 e.